The van der Waals surface area contributed by atoms with Gasteiger partial charge in [-0.3, -0.25) is 4.79 Å². The number of carbonyl (C=O) groups is 1. The fraction of sp³-hybridized carbons (Fsp3) is 0.667. The standard InChI is InChI=1S/C12H17NO2S/c1-7-8(12(5-6-12)10(14)15)16-9(13-7)11(2,3)4/h5-6H2,1-4H3,(H,14,15). The van der Waals surface area contributed by atoms with Crippen molar-refractivity contribution in [1.29, 1.82) is 0 Å². The minimum Gasteiger partial charge on any atom is -0.481 e. The van der Waals surface area contributed by atoms with E-state index < -0.39 is 11.4 Å². The first kappa shape index (κ1) is 11.6. The molecule has 1 aliphatic carbocycles. The number of aromatic nitrogens is 1. The van der Waals surface area contributed by atoms with Crippen LogP contribution >= 0.6 is 11.3 Å². The van der Waals surface area contributed by atoms with Gasteiger partial charge in [-0.25, -0.2) is 4.98 Å². The summed E-state index contributed by atoms with van der Waals surface area (Å²) in [5.41, 5.74) is 0.294. The third kappa shape index (κ3) is 1.65. The molecule has 1 aromatic heterocycles. The van der Waals surface area contributed by atoms with Gasteiger partial charge in [-0.05, 0) is 19.8 Å². The number of hydrogen-bond donors (Lipinski definition) is 1. The topological polar surface area (TPSA) is 50.2 Å². The molecule has 1 N–H and O–H groups in total. The van der Waals surface area contributed by atoms with Gasteiger partial charge in [0.05, 0.1) is 10.7 Å². The summed E-state index contributed by atoms with van der Waals surface area (Å²) in [6.07, 6.45) is 1.52. The molecule has 2 rings (SSSR count). The predicted molar refractivity (Wildman–Crippen MR) is 64.1 cm³/mol. The van der Waals surface area contributed by atoms with Crippen LogP contribution in [0.2, 0.25) is 0 Å². The normalized spacial score (nSPS) is 18.5. The highest BCUT2D eigenvalue weighted by Crippen LogP contribution is 2.52. The third-order valence-electron chi connectivity index (χ3n) is 3.03. The van der Waals surface area contributed by atoms with Crippen molar-refractivity contribution in [3.8, 4) is 0 Å². The Morgan fingerprint density at radius 1 is 1.44 bits per heavy atom. The van der Waals surface area contributed by atoms with Gasteiger partial charge in [-0.1, -0.05) is 20.8 Å². The van der Waals surface area contributed by atoms with E-state index in [1.54, 1.807) is 11.3 Å². The molecule has 1 aromatic rings. The van der Waals surface area contributed by atoms with Gasteiger partial charge in [0.1, 0.15) is 5.41 Å². The van der Waals surface area contributed by atoms with Gasteiger partial charge in [-0.2, -0.15) is 0 Å². The number of rotatable bonds is 2. The fourth-order valence-electron chi connectivity index (χ4n) is 1.82. The van der Waals surface area contributed by atoms with Gasteiger partial charge in [0.2, 0.25) is 0 Å². The second kappa shape index (κ2) is 3.29. The Bertz CT molecular complexity index is 438. The van der Waals surface area contributed by atoms with Gasteiger partial charge in [0.25, 0.3) is 0 Å². The van der Waals surface area contributed by atoms with Crippen LogP contribution in [-0.2, 0) is 15.6 Å². The minimum absolute atomic E-state index is 0.00224. The Kier molecular flexibility index (Phi) is 2.38. The van der Waals surface area contributed by atoms with Gasteiger partial charge in [0.15, 0.2) is 0 Å². The van der Waals surface area contributed by atoms with Crippen LogP contribution < -0.4 is 0 Å². The maximum Gasteiger partial charge on any atom is 0.315 e. The van der Waals surface area contributed by atoms with Crippen molar-refractivity contribution in [2.75, 3.05) is 0 Å². The fourth-order valence-corrected chi connectivity index (χ4v) is 3.19. The van der Waals surface area contributed by atoms with Gasteiger partial charge in [0, 0.05) is 10.3 Å². The van der Waals surface area contributed by atoms with Crippen LogP contribution in [0.15, 0.2) is 0 Å². The molecule has 0 aromatic carbocycles. The molecule has 16 heavy (non-hydrogen) atoms. The minimum atomic E-state index is -0.695. The van der Waals surface area contributed by atoms with Crippen molar-refractivity contribution in [1.82, 2.24) is 4.98 Å². The van der Waals surface area contributed by atoms with Crippen LogP contribution in [0.25, 0.3) is 0 Å². The van der Waals surface area contributed by atoms with Crippen molar-refractivity contribution < 1.29 is 9.90 Å². The van der Waals surface area contributed by atoms with E-state index in [1.807, 2.05) is 6.92 Å². The summed E-state index contributed by atoms with van der Waals surface area (Å²) in [6, 6.07) is 0. The summed E-state index contributed by atoms with van der Waals surface area (Å²) >= 11 is 1.57. The second-order valence-electron chi connectivity index (χ2n) is 5.57. The Morgan fingerprint density at radius 3 is 2.31 bits per heavy atom. The number of nitrogens with zero attached hydrogens (tertiary/aromatic N) is 1. The Hall–Kier alpha value is -0.900. The molecule has 0 atom stereocenters. The maximum atomic E-state index is 11.3. The molecule has 88 valence electrons. The zero-order valence-corrected chi connectivity index (χ0v) is 10.9. The summed E-state index contributed by atoms with van der Waals surface area (Å²) in [5.74, 6) is -0.695. The van der Waals surface area contributed by atoms with E-state index in [0.717, 1.165) is 28.4 Å². The van der Waals surface area contributed by atoms with Gasteiger partial charge < -0.3 is 5.11 Å². The highest BCUT2D eigenvalue weighted by Gasteiger charge is 2.54. The lowest BCUT2D eigenvalue weighted by atomic mass is 9.98. The average Bonchev–Trinajstić information content (AvgIpc) is 2.84. The van der Waals surface area contributed by atoms with Crippen molar-refractivity contribution in [3.63, 3.8) is 0 Å². The highest BCUT2D eigenvalue weighted by atomic mass is 32.1. The third-order valence-corrected chi connectivity index (χ3v) is 4.82. The van der Waals surface area contributed by atoms with Crippen molar-refractivity contribution in [2.45, 2.75) is 51.4 Å². The molecule has 0 aliphatic heterocycles. The van der Waals surface area contributed by atoms with E-state index in [0.29, 0.717) is 0 Å². The molecule has 0 unspecified atom stereocenters. The Labute approximate surface area is 99.5 Å². The summed E-state index contributed by atoms with van der Waals surface area (Å²) in [7, 11) is 0. The average molecular weight is 239 g/mol. The lowest BCUT2D eigenvalue weighted by Crippen LogP contribution is -2.19. The number of carboxylic acid groups (broad SMARTS) is 1. The van der Waals surface area contributed by atoms with Gasteiger partial charge >= 0.3 is 5.97 Å². The number of hydrogen-bond acceptors (Lipinski definition) is 3. The smallest absolute Gasteiger partial charge is 0.315 e. The van der Waals surface area contributed by atoms with Crippen molar-refractivity contribution >= 4 is 17.3 Å². The van der Waals surface area contributed by atoms with Crippen molar-refractivity contribution in [2.24, 2.45) is 0 Å². The molecule has 1 aliphatic rings. The van der Waals surface area contributed by atoms with E-state index >= 15 is 0 Å². The van der Waals surface area contributed by atoms with Gasteiger partial charge in [-0.15, -0.1) is 11.3 Å². The maximum absolute atomic E-state index is 11.3. The monoisotopic (exact) mass is 239 g/mol. The first-order valence-corrected chi connectivity index (χ1v) is 6.31. The predicted octanol–water partition coefficient (Wildman–Crippen LogP) is 2.87. The SMILES string of the molecule is Cc1nc(C(C)(C)C)sc1C1(C(=O)O)CC1. The highest BCUT2D eigenvalue weighted by molar-refractivity contribution is 7.12. The first-order chi connectivity index (χ1) is 7.27. The number of aryl methyl sites for hydroxylation is 1. The van der Waals surface area contributed by atoms with Crippen molar-refractivity contribution in [3.05, 3.63) is 15.6 Å². The molecular weight excluding hydrogens is 222 g/mol. The van der Waals surface area contributed by atoms with E-state index in [-0.39, 0.29) is 5.41 Å². The lowest BCUT2D eigenvalue weighted by molar-refractivity contribution is -0.139. The molecule has 0 amide bonds. The van der Waals surface area contributed by atoms with E-state index in [2.05, 4.69) is 25.8 Å². The van der Waals surface area contributed by atoms with Crippen LogP contribution in [0, 0.1) is 6.92 Å². The molecule has 1 heterocycles. The number of aliphatic carboxylic acids is 1. The molecular formula is C12H17NO2S. The van der Waals surface area contributed by atoms with Crippen LogP contribution in [0.3, 0.4) is 0 Å². The van der Waals surface area contributed by atoms with E-state index in [1.165, 1.54) is 0 Å². The Balaban J connectivity index is 2.44. The Morgan fingerprint density at radius 2 is 2.00 bits per heavy atom. The molecule has 4 heteroatoms. The summed E-state index contributed by atoms with van der Waals surface area (Å²) in [4.78, 5) is 16.8. The summed E-state index contributed by atoms with van der Waals surface area (Å²) in [6.45, 7) is 8.24. The summed E-state index contributed by atoms with van der Waals surface area (Å²) < 4.78 is 0. The first-order valence-electron chi connectivity index (χ1n) is 5.49. The zero-order valence-electron chi connectivity index (χ0n) is 10.1. The largest absolute Gasteiger partial charge is 0.481 e. The number of carboxylic acids is 1. The molecule has 1 fully saturated rings. The molecule has 0 spiro atoms. The second-order valence-corrected chi connectivity index (χ2v) is 6.57. The zero-order chi connectivity index (χ0) is 12.1. The lowest BCUT2D eigenvalue weighted by Gasteiger charge is -2.13. The molecule has 0 saturated heterocycles. The van der Waals surface area contributed by atoms with Crippen LogP contribution in [-0.4, -0.2) is 16.1 Å². The molecule has 0 bridgehead atoms. The quantitative estimate of drug-likeness (QED) is 0.863. The van der Waals surface area contributed by atoms with E-state index in [4.69, 9.17) is 0 Å². The number of thiazole rings is 1. The van der Waals surface area contributed by atoms with Crippen LogP contribution in [0.5, 0.6) is 0 Å². The van der Waals surface area contributed by atoms with E-state index in [9.17, 15) is 9.90 Å². The molecule has 3 nitrogen and oxygen atoms in total. The molecule has 1 saturated carbocycles. The van der Waals surface area contributed by atoms with Crippen LogP contribution in [0.1, 0.15) is 49.2 Å². The van der Waals surface area contributed by atoms with Crippen LogP contribution in [0.4, 0.5) is 0 Å². The summed E-state index contributed by atoms with van der Waals surface area (Å²) in [5, 5.41) is 10.3. The molecule has 0 radical (unpaired) electrons.